The first-order valence-corrected chi connectivity index (χ1v) is 17.4. The van der Waals surface area contributed by atoms with Crippen LogP contribution in [0, 0.1) is 11.3 Å². The van der Waals surface area contributed by atoms with Gasteiger partial charge >= 0.3 is 0 Å². The van der Waals surface area contributed by atoms with Gasteiger partial charge in [0.2, 0.25) is 0 Å². The molecule has 4 aromatic rings. The molecule has 44 heavy (non-hydrogen) atoms. The first kappa shape index (κ1) is 32.2. The Kier molecular flexibility index (Phi) is 10.8. The van der Waals surface area contributed by atoms with E-state index in [1.54, 1.807) is 12.3 Å². The van der Waals surface area contributed by atoms with Crippen molar-refractivity contribution in [2.45, 2.75) is 42.9 Å². The van der Waals surface area contributed by atoms with Crippen LogP contribution >= 0.6 is 23.2 Å². The Bertz CT molecular complexity index is 1710. The molecule has 228 valence electrons. The van der Waals surface area contributed by atoms with Crippen LogP contribution in [0.25, 0.3) is 10.8 Å². The zero-order chi connectivity index (χ0) is 31.2. The molecule has 1 saturated heterocycles. The molecule has 1 unspecified atom stereocenters. The molecule has 1 fully saturated rings. The second-order valence-electron chi connectivity index (χ2n) is 11.5. The molecule has 1 aliphatic heterocycles. The van der Waals surface area contributed by atoms with Gasteiger partial charge < -0.3 is 9.80 Å². The van der Waals surface area contributed by atoms with E-state index in [1.165, 1.54) is 5.56 Å². The van der Waals surface area contributed by atoms with Gasteiger partial charge in [-0.3, -0.25) is 9.00 Å². The van der Waals surface area contributed by atoms with Crippen LogP contribution in [-0.4, -0.2) is 58.9 Å². The molecular formula is C36H37Cl2N3O2S. The van der Waals surface area contributed by atoms with E-state index in [1.807, 2.05) is 78.6 Å². The second kappa shape index (κ2) is 14.7. The fourth-order valence-corrected chi connectivity index (χ4v) is 7.50. The van der Waals surface area contributed by atoms with Crippen molar-refractivity contribution >= 4 is 50.7 Å². The van der Waals surface area contributed by atoms with Crippen molar-refractivity contribution < 1.29 is 9.00 Å². The van der Waals surface area contributed by atoms with Crippen LogP contribution in [0.15, 0.2) is 83.8 Å². The highest BCUT2D eigenvalue weighted by atomic mass is 35.5. The standard InChI is InChI=1S/C36H37Cl2N3O2S/c1-3-41(36(42)32-21-25(23-39)20-28-8-4-5-9-30(28)32)24-29(27-12-13-33(37)34(38)22-27)16-19-40-17-14-26(15-18-40)31-10-6-7-11-35(31)44(2)43/h4-13,20-22,26,29H,3,14-19,24H2,1-2H3/t29?,44-/m0/s1. The Morgan fingerprint density at radius 3 is 2.45 bits per heavy atom. The monoisotopic (exact) mass is 645 g/mol. The minimum Gasteiger partial charge on any atom is -0.338 e. The van der Waals surface area contributed by atoms with Crippen molar-refractivity contribution in [3.8, 4) is 6.07 Å². The number of carbonyl (C=O) groups is 1. The molecule has 0 spiro atoms. The fraction of sp³-hybridized carbons (Fsp3) is 0.333. The zero-order valence-electron chi connectivity index (χ0n) is 25.1. The van der Waals surface area contributed by atoms with Crippen LogP contribution in [0.2, 0.25) is 10.0 Å². The first-order chi connectivity index (χ1) is 21.3. The van der Waals surface area contributed by atoms with Crippen molar-refractivity contribution in [2.24, 2.45) is 0 Å². The molecule has 5 rings (SSSR count). The van der Waals surface area contributed by atoms with Gasteiger partial charge in [-0.25, -0.2) is 0 Å². The summed E-state index contributed by atoms with van der Waals surface area (Å²) < 4.78 is 12.3. The highest BCUT2D eigenvalue weighted by Crippen LogP contribution is 2.34. The molecule has 2 atom stereocenters. The van der Waals surface area contributed by atoms with E-state index in [4.69, 9.17) is 23.2 Å². The fourth-order valence-electron chi connectivity index (χ4n) is 6.36. The predicted octanol–water partition coefficient (Wildman–Crippen LogP) is 8.27. The normalized spacial score (nSPS) is 15.5. The summed E-state index contributed by atoms with van der Waals surface area (Å²) in [6.07, 6.45) is 4.65. The number of hydrogen-bond donors (Lipinski definition) is 0. The Hall–Kier alpha value is -3.21. The molecular weight excluding hydrogens is 609 g/mol. The third-order valence-electron chi connectivity index (χ3n) is 8.80. The van der Waals surface area contributed by atoms with E-state index in [9.17, 15) is 14.3 Å². The Morgan fingerprint density at radius 2 is 1.75 bits per heavy atom. The third kappa shape index (κ3) is 7.35. The average molecular weight is 647 g/mol. The lowest BCUT2D eigenvalue weighted by atomic mass is 9.88. The molecule has 0 aliphatic carbocycles. The maximum absolute atomic E-state index is 14.0. The van der Waals surface area contributed by atoms with Crippen LogP contribution in [0.4, 0.5) is 0 Å². The summed E-state index contributed by atoms with van der Waals surface area (Å²) in [4.78, 5) is 19.4. The van der Waals surface area contributed by atoms with Gasteiger partial charge in [0.1, 0.15) is 0 Å². The minimum atomic E-state index is -1.00. The number of fused-ring (bicyclic) bond motifs is 1. The molecule has 0 bridgehead atoms. The Labute approximate surface area is 272 Å². The number of nitrogens with zero attached hydrogens (tertiary/aromatic N) is 3. The predicted molar refractivity (Wildman–Crippen MR) is 181 cm³/mol. The van der Waals surface area contributed by atoms with Crippen LogP contribution < -0.4 is 0 Å². The van der Waals surface area contributed by atoms with Crippen molar-refractivity contribution in [1.29, 1.82) is 5.26 Å². The molecule has 8 heteroatoms. The highest BCUT2D eigenvalue weighted by Gasteiger charge is 2.26. The lowest BCUT2D eigenvalue weighted by molar-refractivity contribution is 0.0751. The Morgan fingerprint density at radius 1 is 1.02 bits per heavy atom. The molecule has 1 amide bonds. The summed E-state index contributed by atoms with van der Waals surface area (Å²) in [7, 11) is -1.00. The number of hydrogen-bond acceptors (Lipinski definition) is 4. The van der Waals surface area contributed by atoms with Crippen LogP contribution in [0.1, 0.15) is 65.1 Å². The molecule has 1 aliphatic rings. The number of likely N-dealkylation sites (tertiary alicyclic amines) is 1. The van der Waals surface area contributed by atoms with Crippen molar-refractivity contribution in [2.75, 3.05) is 39.0 Å². The first-order valence-electron chi connectivity index (χ1n) is 15.1. The summed E-state index contributed by atoms with van der Waals surface area (Å²) in [5.41, 5.74) is 3.28. The van der Waals surface area contributed by atoms with E-state index in [0.717, 1.165) is 60.1 Å². The molecule has 0 radical (unpaired) electrons. The number of halogens is 2. The van der Waals surface area contributed by atoms with Crippen LogP contribution in [0.5, 0.6) is 0 Å². The van der Waals surface area contributed by atoms with E-state index in [-0.39, 0.29) is 11.8 Å². The molecule has 4 aromatic carbocycles. The largest absolute Gasteiger partial charge is 0.338 e. The topological polar surface area (TPSA) is 64.4 Å². The van der Waals surface area contributed by atoms with Gasteiger partial charge in [0.25, 0.3) is 5.91 Å². The van der Waals surface area contributed by atoms with E-state index < -0.39 is 10.8 Å². The summed E-state index contributed by atoms with van der Waals surface area (Å²) in [5, 5.41) is 12.4. The van der Waals surface area contributed by atoms with E-state index >= 15 is 0 Å². The smallest absolute Gasteiger partial charge is 0.254 e. The minimum absolute atomic E-state index is 0.0417. The lowest BCUT2D eigenvalue weighted by Crippen LogP contribution is -2.37. The quantitative estimate of drug-likeness (QED) is 0.174. The van der Waals surface area contributed by atoms with Gasteiger partial charge in [-0.05, 0) is 104 Å². The van der Waals surface area contributed by atoms with Gasteiger partial charge in [0, 0.05) is 35.7 Å². The van der Waals surface area contributed by atoms with Crippen molar-refractivity contribution in [3.05, 3.63) is 111 Å². The SMILES string of the molecule is CCN(CC(CCN1CCC(c2ccccc2[S@](C)=O)CC1)c1ccc(Cl)c(Cl)c1)C(=O)c1cc(C#N)cc2ccccc12. The number of benzene rings is 4. The summed E-state index contributed by atoms with van der Waals surface area (Å²) >= 11 is 12.7. The lowest BCUT2D eigenvalue weighted by Gasteiger charge is -2.34. The summed E-state index contributed by atoms with van der Waals surface area (Å²) in [6, 6.07) is 27.3. The number of rotatable bonds is 10. The van der Waals surface area contributed by atoms with Crippen LogP contribution in [-0.2, 0) is 10.8 Å². The summed E-state index contributed by atoms with van der Waals surface area (Å²) in [5.74, 6) is 0.364. The van der Waals surface area contributed by atoms with E-state index in [0.29, 0.717) is 40.2 Å². The average Bonchev–Trinajstić information content (AvgIpc) is 3.05. The van der Waals surface area contributed by atoms with Crippen molar-refractivity contribution in [3.63, 3.8) is 0 Å². The van der Waals surface area contributed by atoms with Crippen molar-refractivity contribution in [1.82, 2.24) is 9.80 Å². The number of amides is 1. The molecule has 0 saturated carbocycles. The van der Waals surface area contributed by atoms with Gasteiger partial charge in [0.15, 0.2) is 0 Å². The molecule has 1 heterocycles. The summed E-state index contributed by atoms with van der Waals surface area (Å²) in [6.45, 7) is 5.86. The maximum Gasteiger partial charge on any atom is 0.254 e. The number of carbonyl (C=O) groups excluding carboxylic acids is 1. The van der Waals surface area contributed by atoms with Gasteiger partial charge in [-0.15, -0.1) is 0 Å². The van der Waals surface area contributed by atoms with Gasteiger partial charge in [-0.2, -0.15) is 5.26 Å². The second-order valence-corrected chi connectivity index (χ2v) is 13.6. The van der Waals surface area contributed by atoms with Gasteiger partial charge in [-0.1, -0.05) is 71.7 Å². The third-order valence-corrected chi connectivity index (χ3v) is 10.5. The number of likely N-dealkylation sites (N-methyl/N-ethyl adjacent to an activating group) is 1. The van der Waals surface area contributed by atoms with Crippen LogP contribution in [0.3, 0.4) is 0 Å². The highest BCUT2D eigenvalue weighted by molar-refractivity contribution is 7.84. The molecule has 0 N–H and O–H groups in total. The maximum atomic E-state index is 14.0. The molecule has 0 aromatic heterocycles. The van der Waals surface area contributed by atoms with E-state index in [2.05, 4.69) is 17.0 Å². The number of nitriles is 1. The van der Waals surface area contributed by atoms with Gasteiger partial charge in [0.05, 0.1) is 32.5 Å². The zero-order valence-corrected chi connectivity index (χ0v) is 27.5. The Balaban J connectivity index is 1.33. The number of piperidine rings is 1. The molecule has 5 nitrogen and oxygen atoms in total.